The normalized spacial score (nSPS) is 10.8. The molecule has 3 aromatic rings. The Morgan fingerprint density at radius 2 is 2.35 bits per heavy atom. The first-order valence-corrected chi connectivity index (χ1v) is 7.58. The van der Waals surface area contributed by atoms with Crippen LogP contribution in [0.5, 0.6) is 0 Å². The van der Waals surface area contributed by atoms with Crippen molar-refractivity contribution in [2.45, 2.75) is 23.7 Å². The smallest absolute Gasteiger partial charge is 0.283 e. The van der Waals surface area contributed by atoms with E-state index >= 15 is 0 Å². The highest BCUT2D eigenvalue weighted by atomic mass is 32.2. The van der Waals surface area contributed by atoms with Gasteiger partial charge in [0.05, 0.1) is 4.88 Å². The van der Waals surface area contributed by atoms with Gasteiger partial charge >= 0.3 is 0 Å². The van der Waals surface area contributed by atoms with Crippen LogP contribution in [-0.2, 0) is 6.54 Å². The van der Waals surface area contributed by atoms with E-state index in [4.69, 9.17) is 4.42 Å². The third-order valence-corrected chi connectivity index (χ3v) is 4.22. The van der Waals surface area contributed by atoms with Gasteiger partial charge in [-0.25, -0.2) is 4.98 Å². The van der Waals surface area contributed by atoms with Gasteiger partial charge < -0.3 is 8.98 Å². The highest BCUT2D eigenvalue weighted by molar-refractivity contribution is 7.99. The molecule has 0 radical (unpaired) electrons. The molecule has 6 nitrogen and oxygen atoms in total. The molecule has 20 heavy (non-hydrogen) atoms. The molecule has 102 valence electrons. The lowest BCUT2D eigenvalue weighted by Crippen LogP contribution is -2.20. The maximum Gasteiger partial charge on any atom is 0.283 e. The molecule has 0 atom stereocenters. The fourth-order valence-corrected chi connectivity index (χ4v) is 2.91. The van der Waals surface area contributed by atoms with E-state index in [0.29, 0.717) is 22.7 Å². The van der Waals surface area contributed by atoms with Gasteiger partial charge in [0.1, 0.15) is 0 Å². The first-order valence-electron chi connectivity index (χ1n) is 5.88. The Morgan fingerprint density at radius 3 is 3.10 bits per heavy atom. The Morgan fingerprint density at radius 1 is 1.45 bits per heavy atom. The largest absolute Gasteiger partial charge is 0.410 e. The highest BCUT2D eigenvalue weighted by Crippen LogP contribution is 2.28. The summed E-state index contributed by atoms with van der Waals surface area (Å²) in [6.45, 7) is 2.50. The van der Waals surface area contributed by atoms with Crippen LogP contribution in [0.1, 0.15) is 6.92 Å². The fourth-order valence-electron chi connectivity index (χ4n) is 1.58. The van der Waals surface area contributed by atoms with Crippen molar-refractivity contribution in [3.63, 3.8) is 0 Å². The van der Waals surface area contributed by atoms with Crippen LogP contribution in [0.2, 0.25) is 0 Å². The zero-order valence-electron chi connectivity index (χ0n) is 10.5. The summed E-state index contributed by atoms with van der Waals surface area (Å²) in [4.78, 5) is 17.0. The van der Waals surface area contributed by atoms with Gasteiger partial charge in [0.15, 0.2) is 5.03 Å². The Hall–Kier alpha value is -1.93. The molecule has 0 aromatic carbocycles. The number of thiophene rings is 1. The first-order chi connectivity index (χ1) is 9.78. The molecule has 0 aliphatic carbocycles. The summed E-state index contributed by atoms with van der Waals surface area (Å²) in [5.41, 5.74) is -0.157. The summed E-state index contributed by atoms with van der Waals surface area (Å²) >= 11 is 2.60. The van der Waals surface area contributed by atoms with Crippen molar-refractivity contribution in [3.8, 4) is 10.8 Å². The summed E-state index contributed by atoms with van der Waals surface area (Å²) in [7, 11) is 0. The van der Waals surface area contributed by atoms with E-state index in [-0.39, 0.29) is 5.56 Å². The minimum Gasteiger partial charge on any atom is -0.410 e. The van der Waals surface area contributed by atoms with Crippen LogP contribution in [0, 0.1) is 0 Å². The molecule has 3 heterocycles. The Bertz CT molecular complexity index is 764. The lowest BCUT2D eigenvalue weighted by atomic mass is 10.5. The lowest BCUT2D eigenvalue weighted by molar-refractivity contribution is 0.466. The average molecular weight is 306 g/mol. The Balaban J connectivity index is 1.87. The molecular formula is C12H10N4O2S2. The van der Waals surface area contributed by atoms with Crippen molar-refractivity contribution in [2.24, 2.45) is 0 Å². The number of hydrogen-bond acceptors (Lipinski definition) is 7. The SMILES string of the molecule is CCn1ccnc(Sc2nnc(-c3cccs3)o2)c1=O. The molecular weight excluding hydrogens is 296 g/mol. The summed E-state index contributed by atoms with van der Waals surface area (Å²) in [5, 5.41) is 10.5. The van der Waals surface area contributed by atoms with E-state index in [1.807, 2.05) is 24.4 Å². The third-order valence-electron chi connectivity index (χ3n) is 2.55. The zero-order chi connectivity index (χ0) is 13.9. The predicted octanol–water partition coefficient (Wildman–Crippen LogP) is 2.53. The third kappa shape index (κ3) is 2.52. The van der Waals surface area contributed by atoms with Gasteiger partial charge in [0.25, 0.3) is 16.7 Å². The number of aromatic nitrogens is 4. The van der Waals surface area contributed by atoms with Crippen LogP contribution in [-0.4, -0.2) is 19.7 Å². The van der Waals surface area contributed by atoms with Gasteiger partial charge in [0, 0.05) is 18.9 Å². The number of aryl methyl sites for hydroxylation is 1. The van der Waals surface area contributed by atoms with Crippen LogP contribution in [0.3, 0.4) is 0 Å². The minimum absolute atomic E-state index is 0.157. The van der Waals surface area contributed by atoms with Crippen molar-refractivity contribution in [1.29, 1.82) is 0 Å². The lowest BCUT2D eigenvalue weighted by Gasteiger charge is -2.01. The van der Waals surface area contributed by atoms with E-state index < -0.39 is 0 Å². The summed E-state index contributed by atoms with van der Waals surface area (Å²) in [5.74, 6) is 0.453. The van der Waals surface area contributed by atoms with Gasteiger partial charge in [-0.15, -0.1) is 21.5 Å². The van der Waals surface area contributed by atoms with E-state index in [1.54, 1.807) is 17.0 Å². The summed E-state index contributed by atoms with van der Waals surface area (Å²) in [6, 6.07) is 3.81. The molecule has 0 amide bonds. The van der Waals surface area contributed by atoms with Crippen LogP contribution >= 0.6 is 23.1 Å². The van der Waals surface area contributed by atoms with Crippen molar-refractivity contribution >= 4 is 23.1 Å². The monoisotopic (exact) mass is 306 g/mol. The highest BCUT2D eigenvalue weighted by Gasteiger charge is 2.13. The second kappa shape index (κ2) is 5.59. The van der Waals surface area contributed by atoms with E-state index in [2.05, 4.69) is 15.2 Å². The first kappa shape index (κ1) is 13.1. The summed E-state index contributed by atoms with van der Waals surface area (Å²) < 4.78 is 7.10. The van der Waals surface area contributed by atoms with Crippen LogP contribution in [0.15, 0.2) is 49.4 Å². The quantitative estimate of drug-likeness (QED) is 0.737. The molecule has 0 aliphatic heterocycles. The maximum atomic E-state index is 12.0. The molecule has 0 spiro atoms. The van der Waals surface area contributed by atoms with Gasteiger partial charge in [-0.1, -0.05) is 6.07 Å². The van der Waals surface area contributed by atoms with E-state index in [9.17, 15) is 4.79 Å². The molecule has 0 bridgehead atoms. The molecule has 0 fully saturated rings. The fraction of sp³-hybridized carbons (Fsp3) is 0.167. The molecule has 0 aliphatic rings. The maximum absolute atomic E-state index is 12.0. The molecule has 0 N–H and O–H groups in total. The van der Waals surface area contributed by atoms with Crippen LogP contribution in [0.4, 0.5) is 0 Å². The molecule has 3 aromatic heterocycles. The minimum atomic E-state index is -0.157. The van der Waals surface area contributed by atoms with Gasteiger partial charge in [-0.05, 0) is 30.1 Å². The zero-order valence-corrected chi connectivity index (χ0v) is 12.1. The molecule has 0 saturated heterocycles. The predicted molar refractivity (Wildman–Crippen MR) is 75.9 cm³/mol. The van der Waals surface area contributed by atoms with E-state index in [1.165, 1.54) is 11.3 Å². The van der Waals surface area contributed by atoms with Crippen molar-refractivity contribution in [3.05, 3.63) is 40.3 Å². The molecule has 0 saturated carbocycles. The summed E-state index contributed by atoms with van der Waals surface area (Å²) in [6.07, 6.45) is 3.24. The molecule has 0 unspecified atom stereocenters. The molecule has 3 rings (SSSR count). The van der Waals surface area contributed by atoms with Crippen LogP contribution < -0.4 is 5.56 Å². The standard InChI is InChI=1S/C12H10N4O2S2/c1-2-16-6-5-13-10(11(16)17)20-12-15-14-9(18-12)8-4-3-7-19-8/h3-7H,2H2,1H3. The van der Waals surface area contributed by atoms with Crippen LogP contribution in [0.25, 0.3) is 10.8 Å². The number of hydrogen-bond donors (Lipinski definition) is 0. The Labute approximate surface area is 122 Å². The van der Waals surface area contributed by atoms with Crippen molar-refractivity contribution < 1.29 is 4.42 Å². The van der Waals surface area contributed by atoms with E-state index in [0.717, 1.165) is 16.6 Å². The van der Waals surface area contributed by atoms with Gasteiger partial charge in [0.2, 0.25) is 0 Å². The topological polar surface area (TPSA) is 73.8 Å². The molecule has 8 heteroatoms. The second-order valence-corrected chi connectivity index (χ2v) is 5.66. The number of rotatable bonds is 4. The second-order valence-electron chi connectivity index (χ2n) is 3.78. The Kier molecular flexibility index (Phi) is 3.66. The number of nitrogens with zero attached hydrogens (tertiary/aromatic N) is 4. The average Bonchev–Trinajstić information content (AvgIpc) is 3.11. The van der Waals surface area contributed by atoms with Crippen molar-refractivity contribution in [2.75, 3.05) is 0 Å². The van der Waals surface area contributed by atoms with Crippen molar-refractivity contribution in [1.82, 2.24) is 19.7 Å². The van der Waals surface area contributed by atoms with Gasteiger partial charge in [-0.3, -0.25) is 4.79 Å². The van der Waals surface area contributed by atoms with Gasteiger partial charge in [-0.2, -0.15) is 0 Å².